The van der Waals surface area contributed by atoms with Crippen LogP contribution in [-0.2, 0) is 0 Å². The van der Waals surface area contributed by atoms with E-state index in [4.69, 9.17) is 52.1 Å². The van der Waals surface area contributed by atoms with Crippen molar-refractivity contribution in [1.82, 2.24) is 0 Å². The standard InChI is InChI=1S/C44H25N.C22H12BrCl.C22H11Cl.C6H3BrClI.C6H5BrClN/c1-2-10-32(11-3-1)45(39-23-18-29-14-12-26-6-4-7-28-17-21-36(39)42(29)40(26)28)33-19-22-34-35-20-16-30-15-13-27-8-5-9-31-24-38(37(34)25-33)44(35)43(30)41(27)31;23-20-12-16(24)8-11-18(20)17-9-6-15-5-4-13-2-1-3-14-7-10-19(17)22(15)21(13)14;23-15-7-9-16-17-8-6-13-5-4-12-2-1-3-14-10-19(18(16)11-15)22(17)21(13)20(12)14;2*7-5-3-4(8)1-2-6(5)9/h1-25H;1-12H;1-11H;1-3H;1-3H,9H2. The lowest BCUT2D eigenvalue weighted by Crippen LogP contribution is -2.10. The molecule has 2 aliphatic rings. The van der Waals surface area contributed by atoms with E-state index < -0.39 is 0 Å². The van der Waals surface area contributed by atoms with Gasteiger partial charge in [0.1, 0.15) is 0 Å². The molecule has 0 saturated heterocycles. The van der Waals surface area contributed by atoms with Gasteiger partial charge in [0.15, 0.2) is 0 Å². The molecule has 22 aromatic carbocycles. The van der Waals surface area contributed by atoms with Gasteiger partial charge < -0.3 is 10.6 Å². The summed E-state index contributed by atoms with van der Waals surface area (Å²) >= 11 is 36.2. The van der Waals surface area contributed by atoms with Crippen molar-refractivity contribution in [2.24, 2.45) is 0 Å². The zero-order valence-electron chi connectivity index (χ0n) is 58.2. The second kappa shape index (κ2) is 27.7. The van der Waals surface area contributed by atoms with Gasteiger partial charge >= 0.3 is 0 Å². The maximum atomic E-state index is 6.28. The van der Waals surface area contributed by atoms with Gasteiger partial charge in [0.2, 0.25) is 0 Å². The number of nitrogens with zero attached hydrogens (tertiary/aromatic N) is 1. The summed E-state index contributed by atoms with van der Waals surface area (Å²) in [6.07, 6.45) is 0. The van der Waals surface area contributed by atoms with E-state index in [2.05, 4.69) is 348 Å². The molecule has 24 rings (SSSR count). The Kier molecular flexibility index (Phi) is 17.4. The van der Waals surface area contributed by atoms with Gasteiger partial charge in [-0.25, -0.2) is 0 Å². The van der Waals surface area contributed by atoms with Gasteiger partial charge in [-0.05, 0) is 337 Å². The molecule has 2 aliphatic carbocycles. The first-order valence-corrected chi connectivity index (χ1v) is 41.0. The SMILES string of the molecule is Clc1ccc(-c2ccc3ccc4cccc5ccc2c3c45)c(Br)c1.Clc1ccc(I)c(Br)c1.Clc1ccc2c(c1)-c1cc3cccc4ccc5ccc-2c1c5c43.Nc1ccc(Cl)cc1Br.c1ccc(N(c2ccc3c(c2)-c2cc4cccc5ccc6ccc-3c2c6c54)c2ccc3ccc4cccc5ccc2c3c45)cc1. The summed E-state index contributed by atoms with van der Waals surface area (Å²) in [4.78, 5) is 2.45. The summed E-state index contributed by atoms with van der Waals surface area (Å²) in [6.45, 7) is 0. The highest BCUT2D eigenvalue weighted by Crippen LogP contribution is 2.56. The van der Waals surface area contributed by atoms with Gasteiger partial charge in [-0.15, -0.1) is 0 Å². The van der Waals surface area contributed by atoms with Crippen LogP contribution < -0.4 is 10.6 Å². The molecule has 0 fully saturated rings. The zero-order chi connectivity index (χ0) is 74.3. The van der Waals surface area contributed by atoms with Crippen molar-refractivity contribution in [3.8, 4) is 55.6 Å². The van der Waals surface area contributed by atoms with Crippen LogP contribution >= 0.6 is 117 Å². The number of nitrogens with two attached hydrogens (primary N) is 1. The molecule has 0 spiro atoms. The second-order valence-corrected chi connectivity index (χ2v) is 33.6. The van der Waals surface area contributed by atoms with Crippen molar-refractivity contribution in [2.45, 2.75) is 0 Å². The molecule has 22 aromatic rings. The van der Waals surface area contributed by atoms with Crippen molar-refractivity contribution < 1.29 is 0 Å². The molecule has 0 saturated carbocycles. The summed E-state index contributed by atoms with van der Waals surface area (Å²) < 4.78 is 4.09. The molecule has 0 radical (unpaired) electrons. The van der Waals surface area contributed by atoms with Crippen LogP contribution in [0.5, 0.6) is 0 Å². The summed E-state index contributed by atoms with van der Waals surface area (Å²) in [5, 5.41) is 34.8. The molecule has 0 amide bonds. The average Bonchev–Trinajstić information content (AvgIpc) is 1.53. The minimum Gasteiger partial charge on any atom is -0.398 e. The molecule has 0 heterocycles. The van der Waals surface area contributed by atoms with Crippen molar-refractivity contribution in [3.63, 3.8) is 0 Å². The monoisotopic (exact) mass is 1790 g/mol. The predicted molar refractivity (Wildman–Crippen MR) is 496 cm³/mol. The second-order valence-electron chi connectivity index (χ2n) is 28.2. The van der Waals surface area contributed by atoms with Gasteiger partial charge in [0.25, 0.3) is 0 Å². The highest BCUT2D eigenvalue weighted by Gasteiger charge is 2.29. The van der Waals surface area contributed by atoms with E-state index in [1.54, 1.807) is 18.2 Å². The largest absolute Gasteiger partial charge is 0.398 e. The molecular weight excluding hydrogens is 1740 g/mol. The van der Waals surface area contributed by atoms with E-state index in [9.17, 15) is 0 Å². The molecule has 0 bridgehead atoms. The van der Waals surface area contributed by atoms with Crippen molar-refractivity contribution in [3.05, 3.63) is 365 Å². The van der Waals surface area contributed by atoms with Crippen molar-refractivity contribution >= 4 is 269 Å². The Morgan fingerprint density at radius 2 is 0.600 bits per heavy atom. The molecule has 2 nitrogen and oxygen atoms in total. The molecule has 0 atom stereocenters. The Labute approximate surface area is 692 Å². The number of hydrogen-bond acceptors (Lipinski definition) is 2. The maximum Gasteiger partial charge on any atom is 0.0540 e. The molecule has 10 heteroatoms. The Balaban J connectivity index is 0.000000103. The van der Waals surface area contributed by atoms with Gasteiger partial charge in [-0.1, -0.05) is 287 Å². The Hall–Kier alpha value is -10.1. The summed E-state index contributed by atoms with van der Waals surface area (Å²) in [5.74, 6) is 0. The number of rotatable bonds is 4. The van der Waals surface area contributed by atoms with E-state index in [1.807, 2.05) is 36.4 Å². The van der Waals surface area contributed by atoms with E-state index in [0.29, 0.717) is 10.7 Å². The Morgan fingerprint density at radius 3 is 1.10 bits per heavy atom. The fourth-order valence-electron chi connectivity index (χ4n) is 17.2. The van der Waals surface area contributed by atoms with E-state index >= 15 is 0 Å². The first-order chi connectivity index (χ1) is 53.7. The minimum atomic E-state index is 0.691. The number of anilines is 4. The van der Waals surface area contributed by atoms with Gasteiger partial charge in [-0.2, -0.15) is 0 Å². The summed E-state index contributed by atoms with van der Waals surface area (Å²) in [6, 6.07) is 117. The highest BCUT2D eigenvalue weighted by molar-refractivity contribution is 14.1. The quantitative estimate of drug-likeness (QED) is 0.0824. The smallest absolute Gasteiger partial charge is 0.0540 e. The lowest BCUT2D eigenvalue weighted by Gasteiger charge is -2.28. The summed E-state index contributed by atoms with van der Waals surface area (Å²) in [7, 11) is 0. The predicted octanol–water partition coefficient (Wildman–Crippen LogP) is 33.5. The van der Waals surface area contributed by atoms with Crippen LogP contribution in [0.3, 0.4) is 0 Å². The van der Waals surface area contributed by atoms with Crippen LogP contribution in [0, 0.1) is 3.57 Å². The summed E-state index contributed by atoms with van der Waals surface area (Å²) in [5.41, 5.74) is 22.6. The van der Waals surface area contributed by atoms with Crippen LogP contribution in [-0.4, -0.2) is 0 Å². The normalized spacial score (nSPS) is 11.9. The third-order valence-electron chi connectivity index (χ3n) is 22.0. The Morgan fingerprint density at radius 1 is 0.227 bits per heavy atom. The van der Waals surface area contributed by atoms with Crippen LogP contribution in [0.15, 0.2) is 341 Å². The molecular formula is C100H56Br3Cl4IN2. The third kappa shape index (κ3) is 11.7. The van der Waals surface area contributed by atoms with E-state index in [0.717, 1.165) is 45.4 Å². The lowest BCUT2D eigenvalue weighted by molar-refractivity contribution is 1.30. The minimum absolute atomic E-state index is 0.691. The molecule has 0 unspecified atom stereocenters. The topological polar surface area (TPSA) is 29.3 Å². The number of halogens is 8. The number of fused-ring (bicyclic) bond motifs is 6. The fourth-order valence-corrected chi connectivity index (χ4v) is 20.0. The average molecular weight is 1790 g/mol. The molecule has 522 valence electrons. The van der Waals surface area contributed by atoms with Gasteiger partial charge in [0.05, 0.1) is 5.69 Å². The van der Waals surface area contributed by atoms with E-state index in [-0.39, 0.29) is 0 Å². The first kappa shape index (κ1) is 69.1. The first-order valence-electron chi connectivity index (χ1n) is 36.1. The third-order valence-corrected chi connectivity index (χ3v) is 26.6. The molecule has 0 aromatic heterocycles. The number of para-hydroxylation sites is 1. The number of benzene rings is 22. The maximum absolute atomic E-state index is 6.28. The van der Waals surface area contributed by atoms with Gasteiger partial charge in [-0.3, -0.25) is 0 Å². The van der Waals surface area contributed by atoms with Crippen molar-refractivity contribution in [1.29, 1.82) is 0 Å². The molecule has 0 aliphatic heterocycles. The van der Waals surface area contributed by atoms with E-state index in [1.165, 1.54) is 189 Å². The number of hydrogen-bond donors (Lipinski definition) is 1. The fraction of sp³-hybridized carbons (Fsp3) is 0. The lowest BCUT2D eigenvalue weighted by atomic mass is 9.90. The Bertz CT molecular complexity index is 7410. The van der Waals surface area contributed by atoms with Crippen LogP contribution in [0.25, 0.3) is 185 Å². The van der Waals surface area contributed by atoms with Crippen molar-refractivity contribution in [2.75, 3.05) is 10.6 Å². The van der Waals surface area contributed by atoms with Crippen LogP contribution in [0.1, 0.15) is 0 Å². The van der Waals surface area contributed by atoms with Gasteiger partial charge in [0, 0.05) is 59.5 Å². The highest BCUT2D eigenvalue weighted by atomic mass is 127. The molecule has 110 heavy (non-hydrogen) atoms. The van der Waals surface area contributed by atoms with Crippen LogP contribution in [0.4, 0.5) is 22.7 Å². The van der Waals surface area contributed by atoms with Crippen LogP contribution in [0.2, 0.25) is 20.1 Å². The molecule has 2 N–H and O–H groups in total. The number of nitrogen functional groups attached to an aromatic ring is 1. The zero-order valence-corrected chi connectivity index (χ0v) is 68.2.